The second-order valence-electron chi connectivity index (χ2n) is 3.95. The number of nitrogen functional groups attached to an aromatic ring is 1. The van der Waals surface area contributed by atoms with E-state index in [1.807, 2.05) is 0 Å². The van der Waals surface area contributed by atoms with Crippen LogP contribution in [0.3, 0.4) is 0 Å². The Bertz CT molecular complexity index is 750. The van der Waals surface area contributed by atoms with Crippen molar-refractivity contribution in [3.05, 3.63) is 27.0 Å². The Labute approximate surface area is 123 Å². The van der Waals surface area contributed by atoms with Gasteiger partial charge in [0.1, 0.15) is 5.82 Å². The summed E-state index contributed by atoms with van der Waals surface area (Å²) in [4.78, 5) is 11.9. The molecule has 2 aromatic rings. The topological polar surface area (TPSA) is 75.7 Å². The number of nitrogens with zero attached hydrogens (tertiary/aromatic N) is 1. The van der Waals surface area contributed by atoms with Gasteiger partial charge in [-0.15, -0.1) is 0 Å². The Hall–Kier alpha value is -2.06. The zero-order valence-corrected chi connectivity index (χ0v) is 12.0. The highest BCUT2D eigenvalue weighted by Gasteiger charge is 2.20. The number of esters is 1. The van der Waals surface area contributed by atoms with E-state index in [1.165, 1.54) is 7.11 Å². The number of carbonyl (C=O) groups excluding carboxylic acids is 1. The maximum absolute atomic E-state index is 11.6. The van der Waals surface area contributed by atoms with Gasteiger partial charge >= 0.3 is 5.97 Å². The van der Waals surface area contributed by atoms with E-state index in [0.29, 0.717) is 21.1 Å². The summed E-state index contributed by atoms with van der Waals surface area (Å²) < 4.78 is 17.3. The number of hydrogen-bond donors (Lipinski definition) is 1. The number of anilines is 1. The van der Waals surface area contributed by atoms with Gasteiger partial charge in [0.2, 0.25) is 6.79 Å². The maximum Gasteiger partial charge on any atom is 0.351 e. The van der Waals surface area contributed by atoms with Crippen molar-refractivity contribution >= 4 is 35.3 Å². The van der Waals surface area contributed by atoms with E-state index in [-0.39, 0.29) is 17.5 Å². The van der Waals surface area contributed by atoms with Gasteiger partial charge < -0.3 is 19.9 Å². The molecule has 0 saturated heterocycles. The number of fused-ring (bicyclic) bond motifs is 1. The summed E-state index contributed by atoms with van der Waals surface area (Å²) in [6.45, 7) is 0.191. The van der Waals surface area contributed by atoms with E-state index < -0.39 is 5.97 Å². The van der Waals surface area contributed by atoms with Crippen LogP contribution in [0.4, 0.5) is 5.82 Å². The SMILES string of the molecule is COC(=O)c1sc(=S)n(-c2ccc3c(c2)OCO3)c1N. The van der Waals surface area contributed by atoms with Crippen LogP contribution < -0.4 is 15.2 Å². The number of rotatable bonds is 2. The molecule has 0 unspecified atom stereocenters. The molecule has 0 saturated carbocycles. The Kier molecular flexibility index (Phi) is 3.11. The molecule has 1 aliphatic heterocycles. The zero-order chi connectivity index (χ0) is 14.3. The fourth-order valence-corrected chi connectivity index (χ4v) is 3.18. The molecule has 20 heavy (non-hydrogen) atoms. The molecule has 0 aliphatic carbocycles. The summed E-state index contributed by atoms with van der Waals surface area (Å²) in [5.74, 6) is 1.04. The highest BCUT2D eigenvalue weighted by atomic mass is 32.1. The van der Waals surface area contributed by atoms with Crippen LogP contribution in [0.2, 0.25) is 0 Å². The van der Waals surface area contributed by atoms with Crippen LogP contribution in [-0.2, 0) is 4.74 Å². The smallest absolute Gasteiger partial charge is 0.351 e. The van der Waals surface area contributed by atoms with Crippen LogP contribution in [0.15, 0.2) is 18.2 Å². The van der Waals surface area contributed by atoms with Gasteiger partial charge in [0, 0.05) is 6.07 Å². The lowest BCUT2D eigenvalue weighted by Gasteiger charge is -2.07. The van der Waals surface area contributed by atoms with Crippen molar-refractivity contribution in [2.45, 2.75) is 0 Å². The fourth-order valence-electron chi connectivity index (χ4n) is 1.89. The standard InChI is InChI=1S/C12H10N2O4S2/c1-16-11(15)9-10(13)14(12(19)20-9)6-2-3-7-8(4-6)18-5-17-7/h2-4H,5,13H2,1H3. The molecule has 8 heteroatoms. The van der Waals surface area contributed by atoms with Crippen LogP contribution in [0.25, 0.3) is 5.69 Å². The van der Waals surface area contributed by atoms with E-state index in [2.05, 4.69) is 4.74 Å². The first kappa shape index (κ1) is 12.9. The first-order valence-electron chi connectivity index (χ1n) is 5.61. The highest BCUT2D eigenvalue weighted by Crippen LogP contribution is 2.35. The minimum Gasteiger partial charge on any atom is -0.465 e. The summed E-state index contributed by atoms with van der Waals surface area (Å²) in [6.07, 6.45) is 0. The average molecular weight is 310 g/mol. The molecule has 3 rings (SSSR count). The number of nitrogens with two attached hydrogens (primary N) is 1. The molecule has 6 nitrogen and oxygen atoms in total. The third kappa shape index (κ3) is 1.93. The molecular weight excluding hydrogens is 300 g/mol. The minimum atomic E-state index is -0.502. The second-order valence-corrected chi connectivity index (χ2v) is 5.59. The summed E-state index contributed by atoms with van der Waals surface area (Å²) in [7, 11) is 1.30. The lowest BCUT2D eigenvalue weighted by atomic mass is 10.2. The molecule has 1 aliphatic rings. The molecule has 1 aromatic heterocycles. The quantitative estimate of drug-likeness (QED) is 0.678. The van der Waals surface area contributed by atoms with Crippen molar-refractivity contribution < 1.29 is 19.0 Å². The Morgan fingerprint density at radius 1 is 1.45 bits per heavy atom. The molecule has 2 heterocycles. The molecule has 1 aromatic carbocycles. The molecule has 0 atom stereocenters. The van der Waals surface area contributed by atoms with Gasteiger partial charge in [-0.25, -0.2) is 4.79 Å². The minimum absolute atomic E-state index is 0.191. The van der Waals surface area contributed by atoms with Gasteiger partial charge in [0.05, 0.1) is 12.8 Å². The predicted octanol–water partition coefficient (Wildman–Crippen LogP) is 2.37. The molecule has 0 spiro atoms. The third-order valence-corrected chi connectivity index (χ3v) is 4.20. The zero-order valence-electron chi connectivity index (χ0n) is 10.4. The number of hydrogen-bond acceptors (Lipinski definition) is 7. The van der Waals surface area contributed by atoms with Crippen LogP contribution >= 0.6 is 23.6 Å². The van der Waals surface area contributed by atoms with E-state index in [1.54, 1.807) is 22.8 Å². The van der Waals surface area contributed by atoms with Gasteiger partial charge in [-0.3, -0.25) is 4.57 Å². The van der Waals surface area contributed by atoms with Crippen LogP contribution in [0, 0.1) is 3.95 Å². The molecular formula is C12H10N2O4S2. The maximum atomic E-state index is 11.6. The molecule has 0 fully saturated rings. The Morgan fingerprint density at radius 3 is 2.95 bits per heavy atom. The van der Waals surface area contributed by atoms with Gasteiger partial charge in [0.15, 0.2) is 20.3 Å². The largest absolute Gasteiger partial charge is 0.465 e. The van der Waals surface area contributed by atoms with Crippen molar-refractivity contribution in [2.24, 2.45) is 0 Å². The lowest BCUT2D eigenvalue weighted by molar-refractivity contribution is 0.0607. The van der Waals surface area contributed by atoms with E-state index in [0.717, 1.165) is 11.3 Å². The predicted molar refractivity (Wildman–Crippen MR) is 76.4 cm³/mol. The molecule has 104 valence electrons. The van der Waals surface area contributed by atoms with Crippen molar-refractivity contribution in [3.8, 4) is 17.2 Å². The second kappa shape index (κ2) is 4.80. The van der Waals surface area contributed by atoms with E-state index >= 15 is 0 Å². The molecule has 0 bridgehead atoms. The summed E-state index contributed by atoms with van der Waals surface area (Å²) in [6, 6.07) is 5.34. The lowest BCUT2D eigenvalue weighted by Crippen LogP contribution is -2.06. The van der Waals surface area contributed by atoms with Crippen LogP contribution in [-0.4, -0.2) is 24.4 Å². The van der Waals surface area contributed by atoms with Crippen molar-refractivity contribution in [2.75, 3.05) is 19.6 Å². The monoisotopic (exact) mass is 310 g/mol. The highest BCUT2D eigenvalue weighted by molar-refractivity contribution is 7.73. The van der Waals surface area contributed by atoms with Gasteiger partial charge in [-0.1, -0.05) is 11.3 Å². The molecule has 0 amide bonds. The van der Waals surface area contributed by atoms with E-state index in [4.69, 9.17) is 27.4 Å². The first-order chi connectivity index (χ1) is 9.61. The number of benzene rings is 1. The van der Waals surface area contributed by atoms with E-state index in [9.17, 15) is 4.79 Å². The number of carbonyl (C=O) groups is 1. The number of thiazole rings is 1. The summed E-state index contributed by atoms with van der Waals surface area (Å²) in [5.41, 5.74) is 6.70. The Morgan fingerprint density at radius 2 is 2.20 bits per heavy atom. The van der Waals surface area contributed by atoms with Gasteiger partial charge in [-0.05, 0) is 24.4 Å². The normalized spacial score (nSPS) is 12.4. The molecule has 2 N–H and O–H groups in total. The van der Waals surface area contributed by atoms with Gasteiger partial charge in [0.25, 0.3) is 0 Å². The fraction of sp³-hybridized carbons (Fsp3) is 0.167. The van der Waals surface area contributed by atoms with Crippen LogP contribution in [0.1, 0.15) is 9.67 Å². The van der Waals surface area contributed by atoms with Crippen molar-refractivity contribution in [1.29, 1.82) is 0 Å². The first-order valence-corrected chi connectivity index (χ1v) is 6.84. The summed E-state index contributed by atoms with van der Waals surface area (Å²) >= 11 is 6.37. The average Bonchev–Trinajstić information content (AvgIpc) is 3.01. The Balaban J connectivity index is 2.13. The number of ether oxygens (including phenoxy) is 3. The van der Waals surface area contributed by atoms with Crippen molar-refractivity contribution in [3.63, 3.8) is 0 Å². The van der Waals surface area contributed by atoms with Gasteiger partial charge in [-0.2, -0.15) is 0 Å². The molecule has 0 radical (unpaired) electrons. The number of methoxy groups -OCH3 is 1. The van der Waals surface area contributed by atoms with Crippen molar-refractivity contribution in [1.82, 2.24) is 4.57 Å². The number of aromatic nitrogens is 1. The summed E-state index contributed by atoms with van der Waals surface area (Å²) in [5, 5.41) is 0. The third-order valence-electron chi connectivity index (χ3n) is 2.83. The van der Waals surface area contributed by atoms with Crippen LogP contribution in [0.5, 0.6) is 11.5 Å².